The topological polar surface area (TPSA) is 78.4 Å². The molecule has 0 saturated heterocycles. The van der Waals surface area contributed by atoms with Crippen LogP contribution in [0.4, 0.5) is 0 Å². The highest BCUT2D eigenvalue weighted by atomic mass is 16.4. The summed E-state index contributed by atoms with van der Waals surface area (Å²) in [5, 5.41) is 14.0. The summed E-state index contributed by atoms with van der Waals surface area (Å²) in [5.41, 5.74) is 0. The molecule has 86 valence electrons. The summed E-state index contributed by atoms with van der Waals surface area (Å²) in [6.07, 6.45) is 2.25. The molecule has 0 rings (SSSR count). The van der Waals surface area contributed by atoms with Crippen molar-refractivity contribution < 1.29 is 14.7 Å². The van der Waals surface area contributed by atoms with E-state index in [0.717, 1.165) is 0 Å². The predicted molar refractivity (Wildman–Crippen MR) is 57.5 cm³/mol. The highest BCUT2D eigenvalue weighted by molar-refractivity contribution is 5.81. The van der Waals surface area contributed by atoms with Crippen LogP contribution in [0, 0.1) is 0 Å². The molecule has 0 aromatic carbocycles. The van der Waals surface area contributed by atoms with E-state index < -0.39 is 5.97 Å². The van der Waals surface area contributed by atoms with Gasteiger partial charge in [0.2, 0.25) is 5.91 Å². The first-order valence-corrected chi connectivity index (χ1v) is 4.91. The van der Waals surface area contributed by atoms with E-state index in [4.69, 9.17) is 5.11 Å². The molecular weight excluding hydrogens is 196 g/mol. The fraction of sp³-hybridized carbons (Fsp3) is 0.600. The Morgan fingerprint density at radius 1 is 1.53 bits per heavy atom. The Balaban J connectivity index is 3.54. The number of nitrogens with one attached hydrogen (secondary N) is 2. The van der Waals surface area contributed by atoms with E-state index in [1.54, 1.807) is 13.0 Å². The van der Waals surface area contributed by atoms with E-state index in [9.17, 15) is 9.59 Å². The third-order valence-electron chi connectivity index (χ3n) is 1.83. The molecule has 1 amide bonds. The van der Waals surface area contributed by atoms with Gasteiger partial charge in [-0.05, 0) is 19.9 Å². The second-order valence-corrected chi connectivity index (χ2v) is 3.21. The lowest BCUT2D eigenvalue weighted by molar-refractivity contribution is -0.137. The Kier molecular flexibility index (Phi) is 7.27. The van der Waals surface area contributed by atoms with Crippen molar-refractivity contribution in [3.8, 4) is 0 Å². The number of aliphatic carboxylic acids is 1. The number of carboxylic acid groups (broad SMARTS) is 1. The van der Waals surface area contributed by atoms with E-state index in [-0.39, 0.29) is 18.4 Å². The van der Waals surface area contributed by atoms with Gasteiger partial charge in [0.25, 0.3) is 0 Å². The highest BCUT2D eigenvalue weighted by Gasteiger charge is 2.10. The smallest absolute Gasteiger partial charge is 0.303 e. The van der Waals surface area contributed by atoms with E-state index in [1.165, 1.54) is 0 Å². The van der Waals surface area contributed by atoms with Gasteiger partial charge in [0.05, 0.1) is 6.04 Å². The van der Waals surface area contributed by atoms with Crippen LogP contribution in [0.1, 0.15) is 19.8 Å². The van der Waals surface area contributed by atoms with Gasteiger partial charge in [-0.2, -0.15) is 0 Å². The number of carboxylic acids is 1. The minimum atomic E-state index is -0.819. The molecule has 5 heteroatoms. The number of hydrogen-bond donors (Lipinski definition) is 3. The number of hydrogen-bond acceptors (Lipinski definition) is 3. The summed E-state index contributed by atoms with van der Waals surface area (Å²) in [6, 6.07) is -0.307. The van der Waals surface area contributed by atoms with Crippen molar-refractivity contribution in [2.75, 3.05) is 13.1 Å². The van der Waals surface area contributed by atoms with Crippen LogP contribution >= 0.6 is 0 Å². The second-order valence-electron chi connectivity index (χ2n) is 3.21. The van der Waals surface area contributed by atoms with Gasteiger partial charge in [-0.1, -0.05) is 6.08 Å². The first-order chi connectivity index (χ1) is 7.07. The van der Waals surface area contributed by atoms with Crippen LogP contribution in [0.25, 0.3) is 0 Å². The van der Waals surface area contributed by atoms with Crippen LogP contribution in [0.2, 0.25) is 0 Å². The van der Waals surface area contributed by atoms with Gasteiger partial charge in [0.15, 0.2) is 0 Å². The lowest BCUT2D eigenvalue weighted by atomic mass is 10.2. The molecule has 1 atom stereocenters. The molecule has 5 nitrogen and oxygen atoms in total. The van der Waals surface area contributed by atoms with Gasteiger partial charge in [-0.25, -0.2) is 0 Å². The van der Waals surface area contributed by atoms with Crippen molar-refractivity contribution in [1.29, 1.82) is 0 Å². The number of rotatable bonds is 8. The zero-order chi connectivity index (χ0) is 11.7. The Bertz CT molecular complexity index is 229. The molecule has 0 bridgehead atoms. The van der Waals surface area contributed by atoms with Gasteiger partial charge in [-0.3, -0.25) is 9.59 Å². The first-order valence-electron chi connectivity index (χ1n) is 4.91. The second kappa shape index (κ2) is 7.99. The normalized spacial score (nSPS) is 11.8. The fourth-order valence-corrected chi connectivity index (χ4v) is 0.977. The average molecular weight is 214 g/mol. The van der Waals surface area contributed by atoms with Crippen molar-refractivity contribution in [1.82, 2.24) is 10.6 Å². The first kappa shape index (κ1) is 13.6. The van der Waals surface area contributed by atoms with Gasteiger partial charge in [0, 0.05) is 13.0 Å². The Hall–Kier alpha value is -1.36. The molecule has 0 saturated carbocycles. The number of carbonyl (C=O) groups is 2. The van der Waals surface area contributed by atoms with Gasteiger partial charge >= 0.3 is 5.97 Å². The molecule has 0 aromatic heterocycles. The minimum Gasteiger partial charge on any atom is -0.481 e. The summed E-state index contributed by atoms with van der Waals surface area (Å²) in [4.78, 5) is 21.5. The lowest BCUT2D eigenvalue weighted by Gasteiger charge is -2.12. The molecule has 15 heavy (non-hydrogen) atoms. The van der Waals surface area contributed by atoms with Gasteiger partial charge < -0.3 is 15.7 Å². The molecule has 0 heterocycles. The van der Waals surface area contributed by atoms with Crippen molar-refractivity contribution in [3.05, 3.63) is 12.7 Å². The van der Waals surface area contributed by atoms with Crippen LogP contribution in [0.5, 0.6) is 0 Å². The molecule has 1 unspecified atom stereocenters. The summed E-state index contributed by atoms with van der Waals surface area (Å²) < 4.78 is 0. The molecule has 0 spiro atoms. The van der Waals surface area contributed by atoms with Gasteiger partial charge in [0.1, 0.15) is 0 Å². The molecule has 0 aliphatic heterocycles. The van der Waals surface area contributed by atoms with E-state index >= 15 is 0 Å². The maximum absolute atomic E-state index is 11.3. The van der Waals surface area contributed by atoms with Crippen LogP contribution in [0.15, 0.2) is 12.7 Å². The highest BCUT2D eigenvalue weighted by Crippen LogP contribution is 1.88. The maximum Gasteiger partial charge on any atom is 0.303 e. The Labute approximate surface area is 89.6 Å². The number of amides is 1. The quantitative estimate of drug-likeness (QED) is 0.396. The van der Waals surface area contributed by atoms with Gasteiger partial charge in [-0.15, -0.1) is 6.58 Å². The van der Waals surface area contributed by atoms with Crippen LogP contribution in [0.3, 0.4) is 0 Å². The standard InChI is InChI=1S/C10H18N2O3/c1-3-6-12-10(15)8(2)11-7-4-5-9(13)14/h3,8,11H,1,4-7H2,2H3,(H,12,15)(H,13,14). The average Bonchev–Trinajstić information content (AvgIpc) is 2.20. The third kappa shape index (κ3) is 7.69. The summed E-state index contributed by atoms with van der Waals surface area (Å²) in [6.45, 7) is 6.19. The van der Waals surface area contributed by atoms with Crippen molar-refractivity contribution in [3.63, 3.8) is 0 Å². The van der Waals surface area contributed by atoms with Crippen LogP contribution in [-0.4, -0.2) is 36.1 Å². The molecule has 0 aromatic rings. The Morgan fingerprint density at radius 3 is 2.73 bits per heavy atom. The summed E-state index contributed by atoms with van der Waals surface area (Å²) >= 11 is 0. The largest absolute Gasteiger partial charge is 0.481 e. The zero-order valence-electron chi connectivity index (χ0n) is 8.95. The van der Waals surface area contributed by atoms with Crippen molar-refractivity contribution >= 4 is 11.9 Å². The van der Waals surface area contributed by atoms with E-state index in [0.29, 0.717) is 19.5 Å². The Morgan fingerprint density at radius 2 is 2.20 bits per heavy atom. The molecule has 3 N–H and O–H groups in total. The molecule has 0 aliphatic rings. The predicted octanol–water partition coefficient (Wildman–Crippen LogP) is 0.131. The summed E-state index contributed by atoms with van der Waals surface area (Å²) in [7, 11) is 0. The van der Waals surface area contributed by atoms with Crippen LogP contribution < -0.4 is 10.6 Å². The maximum atomic E-state index is 11.3. The fourth-order valence-electron chi connectivity index (χ4n) is 0.977. The SMILES string of the molecule is C=CCNC(=O)C(C)NCCCC(=O)O. The van der Waals surface area contributed by atoms with Crippen molar-refractivity contribution in [2.24, 2.45) is 0 Å². The number of carbonyl (C=O) groups excluding carboxylic acids is 1. The molecule has 0 aliphatic carbocycles. The molecule has 0 fully saturated rings. The molecule has 0 radical (unpaired) electrons. The summed E-state index contributed by atoms with van der Waals surface area (Å²) in [5.74, 6) is -0.925. The monoisotopic (exact) mass is 214 g/mol. The lowest BCUT2D eigenvalue weighted by Crippen LogP contribution is -2.42. The van der Waals surface area contributed by atoms with E-state index in [1.807, 2.05) is 0 Å². The third-order valence-corrected chi connectivity index (χ3v) is 1.83. The van der Waals surface area contributed by atoms with E-state index in [2.05, 4.69) is 17.2 Å². The van der Waals surface area contributed by atoms with Crippen LogP contribution in [-0.2, 0) is 9.59 Å². The van der Waals surface area contributed by atoms with Crippen molar-refractivity contribution in [2.45, 2.75) is 25.8 Å². The zero-order valence-corrected chi connectivity index (χ0v) is 8.95. The molecular formula is C10H18N2O3. The minimum absolute atomic E-state index is 0.106.